The summed E-state index contributed by atoms with van der Waals surface area (Å²) in [7, 11) is 0. The molecule has 3 heteroatoms. The minimum Gasteiger partial charge on any atom is -0.361 e. The van der Waals surface area contributed by atoms with Crippen molar-refractivity contribution in [1.82, 2.24) is 4.98 Å². The van der Waals surface area contributed by atoms with E-state index in [1.165, 1.54) is 13.0 Å². The number of hydrogen-bond donors (Lipinski definition) is 1. The van der Waals surface area contributed by atoms with Crippen molar-refractivity contribution in [2.45, 2.75) is 13.3 Å². The zero-order valence-corrected chi connectivity index (χ0v) is 9.57. The molecule has 0 saturated heterocycles. The standard InChI is InChI=1S/C14H13NO2/c1-10(16)8-13(17)4-2-11-3-5-14-12(9-11)6-7-15-14/h2-7,9,15H,8H2,1H3/b4-2+. The van der Waals surface area contributed by atoms with Gasteiger partial charge in [-0.05, 0) is 42.1 Å². The van der Waals surface area contributed by atoms with Crippen LogP contribution in [-0.2, 0) is 9.59 Å². The van der Waals surface area contributed by atoms with E-state index in [2.05, 4.69) is 4.98 Å². The van der Waals surface area contributed by atoms with E-state index in [9.17, 15) is 9.59 Å². The fourth-order valence-electron chi connectivity index (χ4n) is 1.67. The number of Topliss-reactive ketones (excluding diaryl/α,β-unsaturated/α-hetero) is 1. The molecule has 1 aromatic carbocycles. The molecule has 0 radical (unpaired) electrons. The molecule has 0 saturated carbocycles. The average Bonchev–Trinajstić information content (AvgIpc) is 2.72. The van der Waals surface area contributed by atoms with Crippen molar-refractivity contribution in [1.29, 1.82) is 0 Å². The lowest BCUT2D eigenvalue weighted by molar-refractivity contribution is -0.123. The highest BCUT2D eigenvalue weighted by Crippen LogP contribution is 2.15. The number of hydrogen-bond acceptors (Lipinski definition) is 2. The number of ketones is 2. The first-order valence-electron chi connectivity index (χ1n) is 5.42. The van der Waals surface area contributed by atoms with Gasteiger partial charge in [-0.1, -0.05) is 12.1 Å². The van der Waals surface area contributed by atoms with Crippen LogP contribution in [0.2, 0.25) is 0 Å². The minimum absolute atomic E-state index is 0.0249. The maximum atomic E-state index is 11.3. The largest absolute Gasteiger partial charge is 0.361 e. The van der Waals surface area contributed by atoms with Crippen molar-refractivity contribution in [2.75, 3.05) is 0 Å². The summed E-state index contributed by atoms with van der Waals surface area (Å²) in [5, 5.41) is 1.10. The van der Waals surface area contributed by atoms with Crippen LogP contribution in [0.15, 0.2) is 36.5 Å². The van der Waals surface area contributed by atoms with E-state index in [-0.39, 0.29) is 18.0 Å². The summed E-state index contributed by atoms with van der Waals surface area (Å²) < 4.78 is 0. The number of aromatic nitrogens is 1. The summed E-state index contributed by atoms with van der Waals surface area (Å²) in [6.07, 6.45) is 5.04. The Morgan fingerprint density at radius 1 is 1.29 bits per heavy atom. The first-order chi connectivity index (χ1) is 8.15. The Morgan fingerprint density at radius 2 is 2.12 bits per heavy atom. The van der Waals surface area contributed by atoms with E-state index >= 15 is 0 Å². The van der Waals surface area contributed by atoms with E-state index in [0.717, 1.165) is 16.5 Å². The van der Waals surface area contributed by atoms with Gasteiger partial charge in [-0.3, -0.25) is 9.59 Å². The lowest BCUT2D eigenvalue weighted by Crippen LogP contribution is -1.99. The van der Waals surface area contributed by atoms with Crippen LogP contribution in [0.3, 0.4) is 0 Å². The van der Waals surface area contributed by atoms with Crippen LogP contribution in [0.25, 0.3) is 17.0 Å². The lowest BCUT2D eigenvalue weighted by atomic mass is 10.1. The smallest absolute Gasteiger partial charge is 0.163 e. The molecule has 0 atom stereocenters. The van der Waals surface area contributed by atoms with Crippen LogP contribution in [0, 0.1) is 0 Å². The van der Waals surface area contributed by atoms with E-state index in [1.54, 1.807) is 6.08 Å². The van der Waals surface area contributed by atoms with Crippen LogP contribution in [0.5, 0.6) is 0 Å². The van der Waals surface area contributed by atoms with Gasteiger partial charge in [0.1, 0.15) is 5.78 Å². The molecular weight excluding hydrogens is 214 g/mol. The van der Waals surface area contributed by atoms with Crippen LogP contribution in [-0.4, -0.2) is 16.6 Å². The molecule has 1 aromatic heterocycles. The summed E-state index contributed by atoms with van der Waals surface area (Å²) in [6.45, 7) is 1.41. The molecule has 0 fully saturated rings. The van der Waals surface area contributed by atoms with Gasteiger partial charge in [-0.2, -0.15) is 0 Å². The number of H-pyrrole nitrogens is 1. The Kier molecular flexibility index (Phi) is 3.19. The third-order valence-electron chi connectivity index (χ3n) is 2.46. The molecule has 0 aliphatic rings. The summed E-state index contributed by atoms with van der Waals surface area (Å²) in [4.78, 5) is 25.2. The summed E-state index contributed by atoms with van der Waals surface area (Å²) in [6, 6.07) is 7.86. The molecule has 86 valence electrons. The number of carbonyl (C=O) groups is 2. The SMILES string of the molecule is CC(=O)CC(=O)/C=C/c1ccc2[nH]ccc2c1. The average molecular weight is 227 g/mol. The van der Waals surface area contributed by atoms with Crippen molar-refractivity contribution < 1.29 is 9.59 Å². The Balaban J connectivity index is 2.14. The number of aromatic amines is 1. The van der Waals surface area contributed by atoms with Crippen LogP contribution in [0.4, 0.5) is 0 Å². The zero-order valence-electron chi connectivity index (χ0n) is 9.57. The van der Waals surface area contributed by atoms with Gasteiger partial charge >= 0.3 is 0 Å². The maximum Gasteiger partial charge on any atom is 0.163 e. The second-order valence-electron chi connectivity index (χ2n) is 4.00. The van der Waals surface area contributed by atoms with Gasteiger partial charge in [0.15, 0.2) is 5.78 Å². The molecule has 17 heavy (non-hydrogen) atoms. The molecule has 2 rings (SSSR count). The van der Waals surface area contributed by atoms with E-state index < -0.39 is 0 Å². The Labute approximate surface area is 99.1 Å². The second-order valence-corrected chi connectivity index (χ2v) is 4.00. The fourth-order valence-corrected chi connectivity index (χ4v) is 1.67. The quantitative estimate of drug-likeness (QED) is 0.645. The first-order valence-corrected chi connectivity index (χ1v) is 5.42. The Hall–Kier alpha value is -2.16. The van der Waals surface area contributed by atoms with Crippen molar-refractivity contribution in [2.24, 2.45) is 0 Å². The molecule has 1 heterocycles. The molecule has 0 spiro atoms. The predicted octanol–water partition coefficient (Wildman–Crippen LogP) is 2.73. The van der Waals surface area contributed by atoms with Crippen LogP contribution < -0.4 is 0 Å². The van der Waals surface area contributed by atoms with E-state index in [1.807, 2.05) is 30.5 Å². The molecule has 0 aliphatic carbocycles. The zero-order chi connectivity index (χ0) is 12.3. The Bertz CT molecular complexity index is 593. The van der Waals surface area contributed by atoms with Gasteiger partial charge in [-0.25, -0.2) is 0 Å². The molecule has 0 aliphatic heterocycles. The molecular formula is C14H13NO2. The number of fused-ring (bicyclic) bond motifs is 1. The van der Waals surface area contributed by atoms with Crippen molar-refractivity contribution in [3.8, 4) is 0 Å². The van der Waals surface area contributed by atoms with Gasteiger partial charge in [0.2, 0.25) is 0 Å². The van der Waals surface area contributed by atoms with Gasteiger partial charge in [0, 0.05) is 11.7 Å². The summed E-state index contributed by atoms with van der Waals surface area (Å²) >= 11 is 0. The van der Waals surface area contributed by atoms with Crippen LogP contribution in [0.1, 0.15) is 18.9 Å². The van der Waals surface area contributed by atoms with Crippen molar-refractivity contribution in [3.05, 3.63) is 42.1 Å². The van der Waals surface area contributed by atoms with Crippen molar-refractivity contribution >= 4 is 28.5 Å². The number of allylic oxidation sites excluding steroid dienone is 1. The first kappa shape index (κ1) is 11.3. The van der Waals surface area contributed by atoms with Crippen molar-refractivity contribution in [3.63, 3.8) is 0 Å². The predicted molar refractivity (Wildman–Crippen MR) is 67.6 cm³/mol. The topological polar surface area (TPSA) is 49.9 Å². The normalized spacial score (nSPS) is 11.1. The summed E-state index contributed by atoms with van der Waals surface area (Å²) in [5.74, 6) is -0.271. The maximum absolute atomic E-state index is 11.3. The fraction of sp³-hybridized carbons (Fsp3) is 0.143. The highest BCUT2D eigenvalue weighted by atomic mass is 16.1. The third-order valence-corrected chi connectivity index (χ3v) is 2.46. The molecule has 2 aromatic rings. The lowest BCUT2D eigenvalue weighted by Gasteiger charge is -1.94. The molecule has 0 amide bonds. The van der Waals surface area contributed by atoms with Crippen LogP contribution >= 0.6 is 0 Å². The van der Waals surface area contributed by atoms with Gasteiger partial charge < -0.3 is 4.98 Å². The Morgan fingerprint density at radius 3 is 2.88 bits per heavy atom. The highest BCUT2D eigenvalue weighted by molar-refractivity contribution is 6.05. The summed E-state index contributed by atoms with van der Waals surface area (Å²) in [5.41, 5.74) is 2.02. The van der Waals surface area contributed by atoms with Gasteiger partial charge in [0.25, 0.3) is 0 Å². The number of nitrogens with one attached hydrogen (secondary N) is 1. The molecule has 3 nitrogen and oxygen atoms in total. The number of benzene rings is 1. The molecule has 0 bridgehead atoms. The number of carbonyl (C=O) groups excluding carboxylic acids is 2. The monoisotopic (exact) mass is 227 g/mol. The molecule has 1 N–H and O–H groups in total. The minimum atomic E-state index is -0.160. The highest BCUT2D eigenvalue weighted by Gasteiger charge is 2.00. The van der Waals surface area contributed by atoms with Gasteiger partial charge in [-0.15, -0.1) is 0 Å². The van der Waals surface area contributed by atoms with Gasteiger partial charge in [0.05, 0.1) is 6.42 Å². The number of rotatable bonds is 4. The molecule has 0 unspecified atom stereocenters. The third kappa shape index (κ3) is 2.91. The van der Waals surface area contributed by atoms with E-state index in [4.69, 9.17) is 0 Å². The van der Waals surface area contributed by atoms with E-state index in [0.29, 0.717) is 0 Å². The second kappa shape index (κ2) is 4.78.